The van der Waals surface area contributed by atoms with Crippen molar-refractivity contribution < 1.29 is 23.5 Å². The minimum atomic E-state index is -1.06. The zero-order valence-electron chi connectivity index (χ0n) is 24.0. The second kappa shape index (κ2) is 12.7. The number of aromatic amines is 1. The Hall–Kier alpha value is -5.63. The molecule has 1 unspecified atom stereocenters. The summed E-state index contributed by atoms with van der Waals surface area (Å²) in [4.78, 5) is 42.4. The first kappa shape index (κ1) is 28.5. The quantitative estimate of drug-likeness (QED) is 0.112. The fraction of sp³-hybridized carbons (Fsp3) is 0.139. The van der Waals surface area contributed by atoms with Crippen molar-refractivity contribution in [2.45, 2.75) is 32.4 Å². The number of nitrogens with one attached hydrogen (secondary N) is 2. The Labute approximate surface area is 253 Å². The van der Waals surface area contributed by atoms with Crippen LogP contribution in [0, 0.1) is 6.92 Å². The maximum Gasteiger partial charge on any atom is 0.408 e. The zero-order valence-corrected chi connectivity index (χ0v) is 24.0. The Kier molecular flexibility index (Phi) is 8.23. The molecule has 6 aromatic rings. The number of alkyl carbamates (subject to hydrolysis) is 1. The first-order chi connectivity index (χ1) is 21.4. The molecule has 0 saturated carbocycles. The van der Waals surface area contributed by atoms with Gasteiger partial charge in [-0.3, -0.25) is 0 Å². The van der Waals surface area contributed by atoms with Gasteiger partial charge in [-0.25, -0.2) is 14.4 Å². The summed E-state index contributed by atoms with van der Waals surface area (Å²) in [6.07, 6.45) is 1.67. The van der Waals surface area contributed by atoms with Crippen molar-refractivity contribution in [2.24, 2.45) is 0 Å². The highest BCUT2D eigenvalue weighted by atomic mass is 16.6. The minimum absolute atomic E-state index is 0.0524. The molecule has 0 bridgehead atoms. The molecule has 8 nitrogen and oxygen atoms in total. The topological polar surface area (TPSA) is 111 Å². The number of benzene rings is 4. The van der Waals surface area contributed by atoms with Crippen LogP contribution in [0.3, 0.4) is 0 Å². The van der Waals surface area contributed by atoms with Crippen molar-refractivity contribution in [3.8, 4) is 5.75 Å². The van der Waals surface area contributed by atoms with Gasteiger partial charge in [0, 0.05) is 47.0 Å². The predicted octanol–water partition coefficient (Wildman–Crippen LogP) is 6.62. The minimum Gasteiger partial charge on any atom is -0.445 e. The van der Waals surface area contributed by atoms with Crippen LogP contribution in [-0.4, -0.2) is 23.1 Å². The van der Waals surface area contributed by atoms with E-state index in [4.69, 9.17) is 13.9 Å². The number of H-pyrrole nitrogens is 1. The van der Waals surface area contributed by atoms with E-state index in [-0.39, 0.29) is 18.8 Å². The summed E-state index contributed by atoms with van der Waals surface area (Å²) in [6, 6.07) is 30.5. The van der Waals surface area contributed by atoms with Gasteiger partial charge in [-0.1, -0.05) is 78.9 Å². The number of carbonyl (C=O) groups excluding carboxylic acids is 2. The van der Waals surface area contributed by atoms with Crippen LogP contribution in [0.2, 0.25) is 0 Å². The van der Waals surface area contributed by atoms with Crippen LogP contribution in [-0.2, 0) is 29.0 Å². The normalized spacial score (nSPS) is 11.8. The number of ether oxygens (including phenoxy) is 2. The highest BCUT2D eigenvalue weighted by molar-refractivity contribution is 5.88. The molecule has 0 aliphatic carbocycles. The summed E-state index contributed by atoms with van der Waals surface area (Å²) in [7, 11) is 0. The first-order valence-electron chi connectivity index (χ1n) is 14.3. The number of hydrogen-bond acceptors (Lipinski definition) is 6. The van der Waals surface area contributed by atoms with E-state index < -0.39 is 23.7 Å². The van der Waals surface area contributed by atoms with Gasteiger partial charge in [-0.05, 0) is 47.4 Å². The standard InChI is InChI=1S/C36H30N2O6/c1-23-28-17-16-27(20-33(28)44-34(39)30(23)18-24-10-4-2-5-11-24)43-35(40)32(19-26-21-37-31-15-9-8-14-29(26)31)38-36(41)42-22-25-12-6-3-7-13-25/h2-17,20-21,32,37H,18-19,22H2,1H3,(H,38,41). The highest BCUT2D eigenvalue weighted by Gasteiger charge is 2.26. The van der Waals surface area contributed by atoms with Crippen molar-refractivity contribution >= 4 is 33.9 Å². The van der Waals surface area contributed by atoms with Crippen molar-refractivity contribution in [3.05, 3.63) is 148 Å². The van der Waals surface area contributed by atoms with E-state index in [9.17, 15) is 14.4 Å². The molecule has 4 aromatic carbocycles. The number of hydrogen-bond donors (Lipinski definition) is 2. The van der Waals surface area contributed by atoms with E-state index in [1.165, 1.54) is 6.07 Å². The van der Waals surface area contributed by atoms with E-state index in [0.29, 0.717) is 17.6 Å². The number of carbonyl (C=O) groups is 2. The average Bonchev–Trinajstić information content (AvgIpc) is 3.45. The maximum atomic E-state index is 13.5. The molecule has 0 aliphatic rings. The van der Waals surface area contributed by atoms with Crippen LogP contribution in [0.1, 0.15) is 27.8 Å². The molecule has 0 fully saturated rings. The third-order valence-electron chi connectivity index (χ3n) is 7.59. The Bertz CT molecular complexity index is 2000. The van der Waals surface area contributed by atoms with Gasteiger partial charge in [0.1, 0.15) is 24.0 Å². The first-order valence-corrected chi connectivity index (χ1v) is 14.3. The van der Waals surface area contributed by atoms with Gasteiger partial charge >= 0.3 is 17.7 Å². The summed E-state index contributed by atoms with van der Waals surface area (Å²) in [5, 5.41) is 4.35. The Balaban J connectivity index is 1.23. The van der Waals surface area contributed by atoms with Crippen molar-refractivity contribution in [1.29, 1.82) is 0 Å². The molecular formula is C36H30N2O6. The van der Waals surface area contributed by atoms with Crippen LogP contribution in [0.15, 0.2) is 119 Å². The fourth-order valence-electron chi connectivity index (χ4n) is 5.25. The van der Waals surface area contributed by atoms with Gasteiger partial charge in [0.05, 0.1) is 0 Å². The van der Waals surface area contributed by atoms with Crippen molar-refractivity contribution in [2.75, 3.05) is 0 Å². The van der Waals surface area contributed by atoms with Crippen LogP contribution in [0.4, 0.5) is 4.79 Å². The number of rotatable bonds is 9. The average molecular weight is 587 g/mol. The molecular weight excluding hydrogens is 556 g/mol. The van der Waals surface area contributed by atoms with Gasteiger partial charge in [-0.2, -0.15) is 0 Å². The van der Waals surface area contributed by atoms with Gasteiger partial charge in [0.25, 0.3) is 0 Å². The molecule has 0 saturated heterocycles. The Morgan fingerprint density at radius 3 is 2.34 bits per heavy atom. The molecule has 2 aromatic heterocycles. The smallest absolute Gasteiger partial charge is 0.408 e. The third-order valence-corrected chi connectivity index (χ3v) is 7.59. The molecule has 44 heavy (non-hydrogen) atoms. The van der Waals surface area contributed by atoms with Gasteiger partial charge in [-0.15, -0.1) is 0 Å². The van der Waals surface area contributed by atoms with Crippen molar-refractivity contribution in [1.82, 2.24) is 10.3 Å². The second-order valence-electron chi connectivity index (χ2n) is 10.6. The number of aromatic nitrogens is 1. The Morgan fingerprint density at radius 2 is 1.57 bits per heavy atom. The van der Waals surface area contributed by atoms with Crippen LogP contribution >= 0.6 is 0 Å². The molecule has 2 heterocycles. The fourth-order valence-corrected chi connectivity index (χ4v) is 5.25. The number of aryl methyl sites for hydroxylation is 1. The summed E-state index contributed by atoms with van der Waals surface area (Å²) in [5.74, 6) is -0.504. The lowest BCUT2D eigenvalue weighted by atomic mass is 10.00. The number of fused-ring (bicyclic) bond motifs is 2. The summed E-state index contributed by atoms with van der Waals surface area (Å²) in [5.41, 5.74) is 4.80. The molecule has 0 aliphatic heterocycles. The molecule has 2 N–H and O–H groups in total. The molecule has 1 amide bonds. The largest absolute Gasteiger partial charge is 0.445 e. The number of para-hydroxylation sites is 1. The van der Waals surface area contributed by atoms with Gasteiger partial charge in [0.15, 0.2) is 0 Å². The molecule has 6 rings (SSSR count). The van der Waals surface area contributed by atoms with Crippen LogP contribution < -0.4 is 15.7 Å². The van der Waals surface area contributed by atoms with Crippen LogP contribution in [0.5, 0.6) is 5.75 Å². The monoisotopic (exact) mass is 586 g/mol. The SMILES string of the molecule is Cc1c(Cc2ccccc2)c(=O)oc2cc(OC(=O)C(Cc3c[nH]c4ccccc34)NC(=O)OCc3ccccc3)ccc12. The summed E-state index contributed by atoms with van der Waals surface area (Å²) < 4.78 is 16.8. The summed E-state index contributed by atoms with van der Waals surface area (Å²) >= 11 is 0. The zero-order chi connectivity index (χ0) is 30.5. The maximum absolute atomic E-state index is 13.5. The van der Waals surface area contributed by atoms with E-state index >= 15 is 0 Å². The highest BCUT2D eigenvalue weighted by Crippen LogP contribution is 2.26. The Morgan fingerprint density at radius 1 is 0.864 bits per heavy atom. The molecule has 8 heteroatoms. The van der Waals surface area contributed by atoms with Gasteiger partial charge in [0.2, 0.25) is 0 Å². The third kappa shape index (κ3) is 6.39. The lowest BCUT2D eigenvalue weighted by molar-refractivity contribution is -0.136. The summed E-state index contributed by atoms with van der Waals surface area (Å²) in [6.45, 7) is 1.93. The second-order valence-corrected chi connectivity index (χ2v) is 10.6. The number of amides is 1. The van der Waals surface area contributed by atoms with E-state index in [2.05, 4.69) is 10.3 Å². The molecule has 220 valence electrons. The van der Waals surface area contributed by atoms with Crippen LogP contribution in [0.25, 0.3) is 21.9 Å². The molecule has 0 radical (unpaired) electrons. The predicted molar refractivity (Wildman–Crippen MR) is 168 cm³/mol. The van der Waals surface area contributed by atoms with Gasteiger partial charge < -0.3 is 24.2 Å². The molecule has 0 spiro atoms. The van der Waals surface area contributed by atoms with E-state index in [1.54, 1.807) is 12.1 Å². The van der Waals surface area contributed by atoms with Crippen molar-refractivity contribution in [3.63, 3.8) is 0 Å². The van der Waals surface area contributed by atoms with E-state index in [0.717, 1.165) is 38.5 Å². The molecule has 1 atom stereocenters. The van der Waals surface area contributed by atoms with E-state index in [1.807, 2.05) is 98.0 Å². The lowest BCUT2D eigenvalue weighted by Crippen LogP contribution is -2.44. The number of esters is 1. The lowest BCUT2D eigenvalue weighted by Gasteiger charge is -2.18.